The first kappa shape index (κ1) is 15.3. The molecule has 0 radical (unpaired) electrons. The first-order valence-electron chi connectivity index (χ1n) is 7.08. The topological polar surface area (TPSA) is 59.8 Å². The Bertz CT molecular complexity index is 1020. The zero-order valence-electron chi connectivity index (χ0n) is 12.5. The largest absolute Gasteiger partial charge is 0.297 e. The van der Waals surface area contributed by atoms with Gasteiger partial charge in [0.05, 0.1) is 16.3 Å². The lowest BCUT2D eigenvalue weighted by Crippen LogP contribution is -2.09. The molecule has 0 aliphatic carbocycles. The standard InChI is InChI=1S/C16H11ClN4OS2/c1-9-12-8-13(14(22)19-16-18-6-7-23-16)24-15(12)21(20-9)11-4-2-10(17)3-5-11/h2-8H,1H3,(H,18,19,22). The van der Waals surface area contributed by atoms with E-state index in [1.54, 1.807) is 6.20 Å². The number of hydrogen-bond acceptors (Lipinski definition) is 5. The lowest BCUT2D eigenvalue weighted by molar-refractivity contribution is 0.103. The van der Waals surface area contributed by atoms with Crippen molar-refractivity contribution in [2.75, 3.05) is 5.32 Å². The highest BCUT2D eigenvalue weighted by molar-refractivity contribution is 7.20. The van der Waals surface area contributed by atoms with Crippen molar-refractivity contribution < 1.29 is 4.79 Å². The Balaban J connectivity index is 1.74. The number of carbonyl (C=O) groups excluding carboxylic acids is 1. The van der Waals surface area contributed by atoms with Crippen molar-refractivity contribution in [2.24, 2.45) is 0 Å². The van der Waals surface area contributed by atoms with Crippen LogP contribution in [0.1, 0.15) is 15.4 Å². The van der Waals surface area contributed by atoms with Crippen LogP contribution in [0.15, 0.2) is 41.9 Å². The first-order chi connectivity index (χ1) is 11.6. The number of thiazole rings is 1. The number of nitrogens with one attached hydrogen (secondary N) is 1. The third kappa shape index (κ3) is 2.71. The molecule has 120 valence electrons. The fourth-order valence-electron chi connectivity index (χ4n) is 2.36. The van der Waals surface area contributed by atoms with E-state index in [2.05, 4.69) is 15.4 Å². The molecule has 1 aromatic carbocycles. The molecular formula is C16H11ClN4OS2. The van der Waals surface area contributed by atoms with Crippen molar-refractivity contribution in [1.29, 1.82) is 0 Å². The summed E-state index contributed by atoms with van der Waals surface area (Å²) in [6.45, 7) is 1.93. The van der Waals surface area contributed by atoms with E-state index in [0.717, 1.165) is 21.6 Å². The SMILES string of the molecule is Cc1nn(-c2ccc(Cl)cc2)c2sc(C(=O)Nc3nccs3)cc12. The summed E-state index contributed by atoms with van der Waals surface area (Å²) >= 11 is 8.75. The second-order valence-electron chi connectivity index (χ2n) is 5.09. The minimum Gasteiger partial charge on any atom is -0.297 e. The first-order valence-corrected chi connectivity index (χ1v) is 9.15. The molecule has 3 aromatic heterocycles. The smallest absolute Gasteiger partial charge is 0.267 e. The fraction of sp³-hybridized carbons (Fsp3) is 0.0625. The Morgan fingerprint density at radius 3 is 2.79 bits per heavy atom. The molecule has 0 unspecified atom stereocenters. The summed E-state index contributed by atoms with van der Waals surface area (Å²) in [5.41, 5.74) is 1.79. The van der Waals surface area contributed by atoms with Gasteiger partial charge in [0.1, 0.15) is 4.83 Å². The summed E-state index contributed by atoms with van der Waals surface area (Å²) in [5.74, 6) is -0.159. The van der Waals surface area contributed by atoms with Crippen molar-refractivity contribution in [1.82, 2.24) is 14.8 Å². The second kappa shape index (κ2) is 6.01. The molecule has 5 nitrogen and oxygen atoms in total. The molecule has 8 heteroatoms. The van der Waals surface area contributed by atoms with Gasteiger partial charge in [-0.05, 0) is 37.3 Å². The van der Waals surface area contributed by atoms with Gasteiger partial charge >= 0.3 is 0 Å². The van der Waals surface area contributed by atoms with Crippen LogP contribution in [0.4, 0.5) is 5.13 Å². The number of carbonyl (C=O) groups is 1. The molecule has 1 amide bonds. The summed E-state index contributed by atoms with van der Waals surface area (Å²) in [7, 11) is 0. The Labute approximate surface area is 150 Å². The lowest BCUT2D eigenvalue weighted by atomic mass is 10.3. The van der Waals surface area contributed by atoms with E-state index in [9.17, 15) is 4.79 Å². The van der Waals surface area contributed by atoms with Crippen molar-refractivity contribution in [2.45, 2.75) is 6.92 Å². The summed E-state index contributed by atoms with van der Waals surface area (Å²) in [6, 6.07) is 9.33. The molecule has 0 fully saturated rings. The van der Waals surface area contributed by atoms with E-state index in [0.29, 0.717) is 15.0 Å². The molecule has 3 heterocycles. The Morgan fingerprint density at radius 1 is 1.29 bits per heavy atom. The van der Waals surface area contributed by atoms with E-state index < -0.39 is 0 Å². The van der Waals surface area contributed by atoms with Crippen LogP contribution in [-0.2, 0) is 0 Å². The third-order valence-electron chi connectivity index (χ3n) is 3.49. The van der Waals surface area contributed by atoms with Crippen LogP contribution in [0, 0.1) is 6.92 Å². The van der Waals surface area contributed by atoms with Gasteiger partial charge in [-0.3, -0.25) is 10.1 Å². The maximum absolute atomic E-state index is 12.4. The minimum atomic E-state index is -0.159. The van der Waals surface area contributed by atoms with Gasteiger partial charge in [-0.25, -0.2) is 9.67 Å². The number of benzene rings is 1. The molecule has 0 bridgehead atoms. The van der Waals surface area contributed by atoms with Crippen LogP contribution < -0.4 is 5.32 Å². The van der Waals surface area contributed by atoms with Crippen molar-refractivity contribution >= 4 is 55.5 Å². The van der Waals surface area contributed by atoms with Gasteiger partial charge in [-0.1, -0.05) is 11.6 Å². The van der Waals surface area contributed by atoms with E-state index >= 15 is 0 Å². The molecule has 0 saturated carbocycles. The molecule has 0 aliphatic heterocycles. The Morgan fingerprint density at radius 2 is 2.08 bits per heavy atom. The molecule has 0 spiro atoms. The maximum atomic E-state index is 12.4. The number of hydrogen-bond donors (Lipinski definition) is 1. The van der Waals surface area contributed by atoms with E-state index in [4.69, 9.17) is 11.6 Å². The molecule has 4 rings (SSSR count). The summed E-state index contributed by atoms with van der Waals surface area (Å²) < 4.78 is 1.84. The predicted octanol–water partition coefficient (Wildman–Crippen LogP) is 4.76. The summed E-state index contributed by atoms with van der Waals surface area (Å²) in [4.78, 5) is 18.0. The van der Waals surface area contributed by atoms with E-state index in [1.807, 2.05) is 47.3 Å². The van der Waals surface area contributed by atoms with Gasteiger partial charge in [0, 0.05) is 22.0 Å². The molecule has 24 heavy (non-hydrogen) atoms. The molecule has 1 N–H and O–H groups in total. The van der Waals surface area contributed by atoms with Gasteiger partial charge in [-0.2, -0.15) is 5.10 Å². The van der Waals surface area contributed by atoms with Gasteiger partial charge in [0.15, 0.2) is 5.13 Å². The average molecular weight is 375 g/mol. The highest BCUT2D eigenvalue weighted by Crippen LogP contribution is 2.31. The van der Waals surface area contributed by atoms with Crippen LogP contribution >= 0.6 is 34.3 Å². The van der Waals surface area contributed by atoms with Crippen LogP contribution in [0.25, 0.3) is 15.9 Å². The van der Waals surface area contributed by atoms with Crippen LogP contribution in [0.3, 0.4) is 0 Å². The molecule has 0 saturated heterocycles. The van der Waals surface area contributed by atoms with Gasteiger partial charge < -0.3 is 0 Å². The normalized spacial score (nSPS) is 11.1. The predicted molar refractivity (Wildman–Crippen MR) is 98.8 cm³/mol. The zero-order chi connectivity index (χ0) is 16.7. The quantitative estimate of drug-likeness (QED) is 0.562. The highest BCUT2D eigenvalue weighted by atomic mass is 35.5. The Kier molecular flexibility index (Phi) is 3.84. The minimum absolute atomic E-state index is 0.159. The number of halogens is 1. The zero-order valence-corrected chi connectivity index (χ0v) is 14.9. The lowest BCUT2D eigenvalue weighted by Gasteiger charge is -2.02. The third-order valence-corrected chi connectivity index (χ3v) is 5.54. The number of aryl methyl sites for hydroxylation is 1. The number of aromatic nitrogens is 3. The van der Waals surface area contributed by atoms with Crippen LogP contribution in [0.5, 0.6) is 0 Å². The van der Waals surface area contributed by atoms with Crippen molar-refractivity contribution in [3.8, 4) is 5.69 Å². The van der Waals surface area contributed by atoms with Crippen LogP contribution in [-0.4, -0.2) is 20.7 Å². The molecular weight excluding hydrogens is 364 g/mol. The molecule has 4 aromatic rings. The summed E-state index contributed by atoms with van der Waals surface area (Å²) in [5, 5.41) is 11.4. The van der Waals surface area contributed by atoms with Crippen molar-refractivity contribution in [3.63, 3.8) is 0 Å². The van der Waals surface area contributed by atoms with E-state index in [-0.39, 0.29) is 5.91 Å². The number of fused-ring (bicyclic) bond motifs is 1. The number of anilines is 1. The molecule has 0 aliphatic rings. The van der Waals surface area contributed by atoms with Gasteiger partial charge in [0.25, 0.3) is 5.91 Å². The highest BCUT2D eigenvalue weighted by Gasteiger charge is 2.17. The second-order valence-corrected chi connectivity index (χ2v) is 7.46. The van der Waals surface area contributed by atoms with Gasteiger partial charge in [0.2, 0.25) is 0 Å². The van der Waals surface area contributed by atoms with Crippen molar-refractivity contribution in [3.05, 3.63) is 57.5 Å². The number of rotatable bonds is 3. The van der Waals surface area contributed by atoms with E-state index in [1.165, 1.54) is 22.7 Å². The van der Waals surface area contributed by atoms with Crippen LogP contribution in [0.2, 0.25) is 5.02 Å². The maximum Gasteiger partial charge on any atom is 0.267 e. The van der Waals surface area contributed by atoms with Gasteiger partial charge in [-0.15, -0.1) is 22.7 Å². The fourth-order valence-corrected chi connectivity index (χ4v) is 4.09. The number of thiophene rings is 1. The monoisotopic (exact) mass is 374 g/mol. The average Bonchev–Trinajstić information content (AvgIpc) is 3.27. The Hall–Kier alpha value is -2.22. The number of nitrogens with zero attached hydrogens (tertiary/aromatic N) is 3. The molecule has 0 atom stereocenters. The number of amides is 1. The summed E-state index contributed by atoms with van der Waals surface area (Å²) in [6.07, 6.45) is 1.66.